The normalized spacial score (nSPS) is 23.1. The second kappa shape index (κ2) is 4.74. The molecular weight excluding hydrogens is 216 g/mol. The van der Waals surface area contributed by atoms with Gasteiger partial charge in [0.1, 0.15) is 0 Å². The van der Waals surface area contributed by atoms with Crippen molar-refractivity contribution < 1.29 is 4.52 Å². The summed E-state index contributed by atoms with van der Waals surface area (Å²) in [5, 5.41) is 7.41. The van der Waals surface area contributed by atoms with Crippen molar-refractivity contribution in [3.63, 3.8) is 0 Å². The zero-order chi connectivity index (χ0) is 11.7. The zero-order valence-corrected chi connectivity index (χ0v) is 10.4. The minimum Gasteiger partial charge on any atom is -0.339 e. The van der Waals surface area contributed by atoms with E-state index in [1.54, 1.807) is 0 Å². The van der Waals surface area contributed by atoms with Gasteiger partial charge in [-0.05, 0) is 32.7 Å². The van der Waals surface area contributed by atoms with Gasteiger partial charge in [-0.25, -0.2) is 0 Å². The number of aromatic nitrogens is 2. The van der Waals surface area contributed by atoms with E-state index in [1.165, 1.54) is 25.7 Å². The van der Waals surface area contributed by atoms with Gasteiger partial charge in [0, 0.05) is 25.0 Å². The number of hydrogen-bond acceptors (Lipinski definition) is 5. The molecule has 1 aromatic rings. The van der Waals surface area contributed by atoms with Crippen molar-refractivity contribution in [2.75, 3.05) is 20.1 Å². The highest BCUT2D eigenvalue weighted by molar-refractivity contribution is 5.01. The van der Waals surface area contributed by atoms with Crippen LogP contribution in [0, 0.1) is 0 Å². The molecule has 0 atom stereocenters. The molecule has 1 aromatic heterocycles. The van der Waals surface area contributed by atoms with E-state index in [0.717, 1.165) is 31.3 Å². The van der Waals surface area contributed by atoms with Crippen molar-refractivity contribution in [2.24, 2.45) is 0 Å². The van der Waals surface area contributed by atoms with Gasteiger partial charge < -0.3 is 9.84 Å². The molecular formula is C12H20N4O. The fraction of sp³-hybridized carbons (Fsp3) is 0.833. The molecule has 2 aliphatic rings. The molecule has 17 heavy (non-hydrogen) atoms. The Bertz CT molecular complexity index is 366. The van der Waals surface area contributed by atoms with Crippen LogP contribution in [0.5, 0.6) is 0 Å². The van der Waals surface area contributed by atoms with Crippen LogP contribution in [0.15, 0.2) is 4.52 Å². The topological polar surface area (TPSA) is 54.2 Å². The quantitative estimate of drug-likeness (QED) is 0.849. The lowest BCUT2D eigenvalue weighted by Gasteiger charge is -2.30. The molecule has 2 fully saturated rings. The molecule has 5 heteroatoms. The molecule has 0 bridgehead atoms. The fourth-order valence-electron chi connectivity index (χ4n) is 2.41. The lowest BCUT2D eigenvalue weighted by molar-refractivity contribution is 0.188. The Balaban J connectivity index is 1.52. The number of nitrogens with one attached hydrogen (secondary N) is 1. The monoisotopic (exact) mass is 236 g/mol. The van der Waals surface area contributed by atoms with Crippen molar-refractivity contribution in [1.82, 2.24) is 20.4 Å². The van der Waals surface area contributed by atoms with Gasteiger partial charge in [-0.1, -0.05) is 5.16 Å². The first-order chi connectivity index (χ1) is 8.35. The molecule has 0 amide bonds. The van der Waals surface area contributed by atoms with Crippen LogP contribution in [0.3, 0.4) is 0 Å². The van der Waals surface area contributed by atoms with Gasteiger partial charge in [0.2, 0.25) is 5.89 Å². The summed E-state index contributed by atoms with van der Waals surface area (Å²) >= 11 is 0. The van der Waals surface area contributed by atoms with E-state index in [4.69, 9.17) is 4.52 Å². The number of rotatable bonds is 4. The van der Waals surface area contributed by atoms with Crippen molar-refractivity contribution in [2.45, 2.75) is 44.2 Å². The lowest BCUT2D eigenvalue weighted by Crippen LogP contribution is -2.40. The Kier molecular flexibility index (Phi) is 3.11. The fourth-order valence-corrected chi connectivity index (χ4v) is 2.41. The standard InChI is InChI=1S/C12H20N4O/c1-13-10-4-6-16(7-5-10)8-11-14-12(17-15-11)9-2-3-9/h9-10,13H,2-8H2,1H3. The second-order valence-corrected chi connectivity index (χ2v) is 5.16. The van der Waals surface area contributed by atoms with Crippen molar-refractivity contribution in [1.29, 1.82) is 0 Å². The molecule has 1 saturated carbocycles. The third-order valence-electron chi connectivity index (χ3n) is 3.77. The smallest absolute Gasteiger partial charge is 0.229 e. The number of likely N-dealkylation sites (tertiary alicyclic amines) is 1. The first kappa shape index (κ1) is 11.2. The van der Waals surface area contributed by atoms with Gasteiger partial charge in [-0.2, -0.15) is 4.98 Å². The summed E-state index contributed by atoms with van der Waals surface area (Å²) in [5.41, 5.74) is 0. The molecule has 0 aromatic carbocycles. The maximum atomic E-state index is 5.27. The van der Waals surface area contributed by atoms with Crippen LogP contribution < -0.4 is 5.32 Å². The number of piperidine rings is 1. The number of nitrogens with zero attached hydrogens (tertiary/aromatic N) is 3. The summed E-state index contributed by atoms with van der Waals surface area (Å²) in [4.78, 5) is 6.88. The van der Waals surface area contributed by atoms with Crippen molar-refractivity contribution in [3.05, 3.63) is 11.7 Å². The maximum Gasteiger partial charge on any atom is 0.229 e. The third-order valence-corrected chi connectivity index (χ3v) is 3.77. The van der Waals surface area contributed by atoms with E-state index in [2.05, 4.69) is 20.4 Å². The summed E-state index contributed by atoms with van der Waals surface area (Å²) in [5.74, 6) is 2.27. The van der Waals surface area contributed by atoms with Gasteiger partial charge in [-0.15, -0.1) is 0 Å². The van der Waals surface area contributed by atoms with Gasteiger partial charge in [0.05, 0.1) is 6.54 Å². The largest absolute Gasteiger partial charge is 0.339 e. The Morgan fingerprint density at radius 3 is 2.71 bits per heavy atom. The third kappa shape index (κ3) is 2.66. The molecule has 0 radical (unpaired) electrons. The van der Waals surface area contributed by atoms with Crippen LogP contribution in [0.25, 0.3) is 0 Å². The van der Waals surface area contributed by atoms with Crippen LogP contribution in [-0.4, -0.2) is 41.2 Å². The molecule has 0 spiro atoms. The van der Waals surface area contributed by atoms with Crippen molar-refractivity contribution >= 4 is 0 Å². The molecule has 5 nitrogen and oxygen atoms in total. The molecule has 1 N–H and O–H groups in total. The Labute approximate surface area is 102 Å². The lowest BCUT2D eigenvalue weighted by atomic mass is 10.1. The average molecular weight is 236 g/mol. The Morgan fingerprint density at radius 1 is 1.29 bits per heavy atom. The predicted octanol–water partition coefficient (Wildman–Crippen LogP) is 1.13. The van der Waals surface area contributed by atoms with E-state index in [0.29, 0.717) is 12.0 Å². The summed E-state index contributed by atoms with van der Waals surface area (Å²) in [6.45, 7) is 3.09. The van der Waals surface area contributed by atoms with E-state index in [9.17, 15) is 0 Å². The molecule has 1 aliphatic carbocycles. The summed E-state index contributed by atoms with van der Waals surface area (Å²) in [7, 11) is 2.04. The summed E-state index contributed by atoms with van der Waals surface area (Å²) in [6.07, 6.45) is 4.86. The molecule has 1 saturated heterocycles. The van der Waals surface area contributed by atoms with Gasteiger partial charge in [-0.3, -0.25) is 4.90 Å². The highest BCUT2D eigenvalue weighted by Crippen LogP contribution is 2.38. The van der Waals surface area contributed by atoms with Crippen molar-refractivity contribution in [3.8, 4) is 0 Å². The summed E-state index contributed by atoms with van der Waals surface area (Å²) < 4.78 is 5.27. The van der Waals surface area contributed by atoms with Gasteiger partial charge >= 0.3 is 0 Å². The van der Waals surface area contributed by atoms with Crippen LogP contribution in [0.4, 0.5) is 0 Å². The second-order valence-electron chi connectivity index (χ2n) is 5.16. The molecule has 3 rings (SSSR count). The predicted molar refractivity (Wildman–Crippen MR) is 63.6 cm³/mol. The van der Waals surface area contributed by atoms with Crippen LogP contribution in [-0.2, 0) is 6.54 Å². The molecule has 1 aliphatic heterocycles. The average Bonchev–Trinajstić information content (AvgIpc) is 3.12. The van der Waals surface area contributed by atoms with E-state index >= 15 is 0 Å². The van der Waals surface area contributed by atoms with E-state index in [-0.39, 0.29) is 0 Å². The molecule has 2 heterocycles. The van der Waals surface area contributed by atoms with Crippen LogP contribution >= 0.6 is 0 Å². The maximum absolute atomic E-state index is 5.27. The SMILES string of the molecule is CNC1CCN(Cc2noc(C3CC3)n2)CC1. The number of hydrogen-bond donors (Lipinski definition) is 1. The van der Waals surface area contributed by atoms with Crippen LogP contribution in [0.2, 0.25) is 0 Å². The minimum absolute atomic E-state index is 0.561. The van der Waals surface area contributed by atoms with Gasteiger partial charge in [0.15, 0.2) is 5.82 Å². The Hall–Kier alpha value is -0.940. The zero-order valence-electron chi connectivity index (χ0n) is 10.4. The van der Waals surface area contributed by atoms with Crippen LogP contribution in [0.1, 0.15) is 43.3 Å². The first-order valence-electron chi connectivity index (χ1n) is 6.57. The molecule has 0 unspecified atom stereocenters. The summed E-state index contributed by atoms with van der Waals surface area (Å²) in [6, 6.07) is 0.679. The highest BCUT2D eigenvalue weighted by atomic mass is 16.5. The first-order valence-corrected chi connectivity index (χ1v) is 6.57. The minimum atomic E-state index is 0.561. The highest BCUT2D eigenvalue weighted by Gasteiger charge is 2.30. The van der Waals surface area contributed by atoms with E-state index < -0.39 is 0 Å². The van der Waals surface area contributed by atoms with Gasteiger partial charge in [0.25, 0.3) is 0 Å². The van der Waals surface area contributed by atoms with E-state index in [1.807, 2.05) is 7.05 Å². The molecule has 94 valence electrons. The Morgan fingerprint density at radius 2 is 2.06 bits per heavy atom.